The summed E-state index contributed by atoms with van der Waals surface area (Å²) in [5.74, 6) is 0.913. The Morgan fingerprint density at radius 1 is 1.29 bits per heavy atom. The van der Waals surface area contributed by atoms with Gasteiger partial charge in [-0.15, -0.1) is 0 Å². The maximum absolute atomic E-state index is 12.1. The maximum atomic E-state index is 12.1. The Bertz CT molecular complexity index is 729. The summed E-state index contributed by atoms with van der Waals surface area (Å²) < 4.78 is 11.0. The number of hydrogen-bond donors (Lipinski definition) is 1. The second-order valence-electron chi connectivity index (χ2n) is 6.04. The summed E-state index contributed by atoms with van der Waals surface area (Å²) in [6, 6.07) is 13.2. The molecule has 1 heterocycles. The number of hydrogen-bond acceptors (Lipinski definition) is 4. The molecule has 1 N–H and O–H groups in total. The number of benzene rings is 2. The Hall–Kier alpha value is -2.11. The van der Waals surface area contributed by atoms with E-state index in [9.17, 15) is 9.82 Å². The average Bonchev–Trinajstić information content (AvgIpc) is 2.98. The topological polar surface area (TPSA) is 55.8 Å². The molecule has 0 aliphatic carbocycles. The highest BCUT2D eigenvalue weighted by Crippen LogP contribution is 2.19. The van der Waals surface area contributed by atoms with Crippen molar-refractivity contribution in [2.45, 2.75) is 39.4 Å². The molecule has 4 nitrogen and oxygen atoms in total. The number of carbonyl (C=O) groups excluding carboxylic acids is 1. The first-order chi connectivity index (χ1) is 11.7. The summed E-state index contributed by atoms with van der Waals surface area (Å²) in [6.07, 6.45) is 2.53. The van der Waals surface area contributed by atoms with Crippen LogP contribution in [0, 0.1) is 0 Å². The molecule has 0 radical (unpaired) electrons. The van der Waals surface area contributed by atoms with Gasteiger partial charge in [0, 0.05) is 12.0 Å². The van der Waals surface area contributed by atoms with E-state index in [1.165, 1.54) is 0 Å². The predicted molar refractivity (Wildman–Crippen MR) is 93.5 cm³/mol. The molecule has 2 aromatic carbocycles. The van der Waals surface area contributed by atoms with Crippen LogP contribution in [0.1, 0.15) is 47.7 Å². The van der Waals surface area contributed by atoms with Gasteiger partial charge in [-0.3, -0.25) is 4.79 Å². The second-order valence-corrected chi connectivity index (χ2v) is 6.04. The molecule has 0 amide bonds. The van der Waals surface area contributed by atoms with E-state index in [-0.39, 0.29) is 5.78 Å². The van der Waals surface area contributed by atoms with Crippen molar-refractivity contribution in [2.24, 2.45) is 0 Å². The molecule has 24 heavy (non-hydrogen) atoms. The lowest BCUT2D eigenvalue weighted by molar-refractivity contribution is 0.0979. The van der Waals surface area contributed by atoms with Crippen LogP contribution in [0.4, 0.5) is 0 Å². The molecule has 0 atom stereocenters. The van der Waals surface area contributed by atoms with Crippen molar-refractivity contribution < 1.29 is 19.2 Å². The summed E-state index contributed by atoms with van der Waals surface area (Å²) in [6.45, 7) is 2.88. The van der Waals surface area contributed by atoms with Gasteiger partial charge in [-0.2, -0.15) is 0 Å². The molecule has 5 heteroatoms. The zero-order valence-electron chi connectivity index (χ0n) is 13.8. The van der Waals surface area contributed by atoms with Gasteiger partial charge in [0.2, 0.25) is 0 Å². The van der Waals surface area contributed by atoms with Crippen LogP contribution in [-0.4, -0.2) is 17.9 Å². The van der Waals surface area contributed by atoms with Crippen molar-refractivity contribution in [1.29, 1.82) is 0 Å². The van der Waals surface area contributed by atoms with Crippen LogP contribution < -0.4 is 10.2 Å². The van der Waals surface area contributed by atoms with Crippen molar-refractivity contribution in [1.82, 2.24) is 0 Å². The third-order valence-electron chi connectivity index (χ3n) is 4.19. The van der Waals surface area contributed by atoms with Gasteiger partial charge in [0.1, 0.15) is 12.4 Å². The average molecular weight is 324 g/mol. The number of ether oxygens (including phenoxy) is 1. The van der Waals surface area contributed by atoms with Gasteiger partial charge < -0.3 is 14.4 Å². The van der Waals surface area contributed by atoms with E-state index in [4.69, 9.17) is 9.39 Å². The van der Waals surface area contributed by atoms with Crippen LogP contribution in [-0.2, 0) is 17.9 Å². The molecule has 0 bridgehead atoms. The van der Waals surface area contributed by atoms with Gasteiger partial charge in [-0.1, -0.05) is 37.6 Å². The molecule has 1 aliphatic heterocycles. The molecule has 1 aliphatic rings. The smallest absolute Gasteiger partial charge is 0.489 e. The zero-order chi connectivity index (χ0) is 16.9. The molecule has 3 rings (SSSR count). The number of carbonyl (C=O) groups is 1. The monoisotopic (exact) mass is 324 g/mol. The van der Waals surface area contributed by atoms with E-state index in [0.29, 0.717) is 19.6 Å². The highest BCUT2D eigenvalue weighted by atomic mass is 16.5. The van der Waals surface area contributed by atoms with Crippen molar-refractivity contribution in [3.8, 4) is 5.75 Å². The minimum Gasteiger partial charge on any atom is -0.489 e. The van der Waals surface area contributed by atoms with Gasteiger partial charge in [0.05, 0.1) is 6.61 Å². The standard InChI is InChI=1S/C19H21BO4/c1-2-3-7-19(21)15-6-4-5-14(10-15)12-23-17-8-9-18-16(11-17)13-24-20(18)22/h4-6,8-11,22H,2-3,7,12-13H2,1H3. The van der Waals surface area contributed by atoms with E-state index < -0.39 is 7.12 Å². The van der Waals surface area contributed by atoms with Crippen LogP contribution in [0.2, 0.25) is 0 Å². The summed E-state index contributed by atoms with van der Waals surface area (Å²) in [5.41, 5.74) is 3.46. The lowest BCUT2D eigenvalue weighted by Gasteiger charge is -2.09. The number of fused-ring (bicyclic) bond motifs is 1. The highest BCUT2D eigenvalue weighted by molar-refractivity contribution is 6.61. The first-order valence-electron chi connectivity index (χ1n) is 8.35. The molecule has 0 saturated heterocycles. The lowest BCUT2D eigenvalue weighted by Crippen LogP contribution is -2.27. The minimum atomic E-state index is -0.833. The fourth-order valence-corrected chi connectivity index (χ4v) is 2.78. The van der Waals surface area contributed by atoms with E-state index in [0.717, 1.165) is 40.7 Å². The molecule has 0 spiro atoms. The SMILES string of the molecule is CCCCC(=O)c1cccc(COc2ccc3c(c2)COB3O)c1. The number of ketones is 1. The normalized spacial score (nSPS) is 13.0. The lowest BCUT2D eigenvalue weighted by atomic mass is 9.80. The number of unbranched alkanes of at least 4 members (excludes halogenated alkanes) is 1. The number of Topliss-reactive ketones (excluding diaryl/α,β-unsaturated/α-hetero) is 1. The molecular formula is C19H21BO4. The zero-order valence-corrected chi connectivity index (χ0v) is 13.8. The Labute approximate surface area is 142 Å². The van der Waals surface area contributed by atoms with Crippen LogP contribution in [0.3, 0.4) is 0 Å². The van der Waals surface area contributed by atoms with Crippen molar-refractivity contribution in [3.63, 3.8) is 0 Å². The Balaban J connectivity index is 1.64. The van der Waals surface area contributed by atoms with E-state index in [2.05, 4.69) is 6.92 Å². The largest absolute Gasteiger partial charge is 0.491 e. The van der Waals surface area contributed by atoms with E-state index >= 15 is 0 Å². The molecule has 2 aromatic rings. The molecule has 124 valence electrons. The maximum Gasteiger partial charge on any atom is 0.491 e. The van der Waals surface area contributed by atoms with Gasteiger partial charge >= 0.3 is 7.12 Å². The molecule has 0 unspecified atom stereocenters. The third-order valence-corrected chi connectivity index (χ3v) is 4.19. The predicted octanol–water partition coefficient (Wildman–Crippen LogP) is 2.86. The summed E-state index contributed by atoms with van der Waals surface area (Å²) in [7, 11) is -0.833. The fourth-order valence-electron chi connectivity index (χ4n) is 2.78. The van der Waals surface area contributed by atoms with Gasteiger partial charge in [-0.05, 0) is 41.2 Å². The molecular weight excluding hydrogens is 303 g/mol. The van der Waals surface area contributed by atoms with E-state index in [1.807, 2.05) is 42.5 Å². The summed E-state index contributed by atoms with van der Waals surface area (Å²) >= 11 is 0. The van der Waals surface area contributed by atoms with Gasteiger partial charge in [0.15, 0.2) is 5.78 Å². The molecule has 0 saturated carbocycles. The molecule has 0 fully saturated rings. The Morgan fingerprint density at radius 2 is 2.17 bits per heavy atom. The van der Waals surface area contributed by atoms with Gasteiger partial charge in [0.25, 0.3) is 0 Å². The van der Waals surface area contributed by atoms with Crippen LogP contribution in [0.25, 0.3) is 0 Å². The number of rotatable bonds is 7. The first-order valence-corrected chi connectivity index (χ1v) is 8.35. The Kier molecular flexibility index (Phi) is 5.33. The quantitative estimate of drug-likeness (QED) is 0.628. The van der Waals surface area contributed by atoms with Crippen molar-refractivity contribution >= 4 is 18.4 Å². The second kappa shape index (κ2) is 7.64. The van der Waals surface area contributed by atoms with Crippen molar-refractivity contribution in [2.75, 3.05) is 0 Å². The van der Waals surface area contributed by atoms with E-state index in [1.54, 1.807) is 0 Å². The van der Waals surface area contributed by atoms with Crippen LogP contribution in [0.15, 0.2) is 42.5 Å². The highest BCUT2D eigenvalue weighted by Gasteiger charge is 2.27. The van der Waals surface area contributed by atoms with Crippen LogP contribution >= 0.6 is 0 Å². The van der Waals surface area contributed by atoms with Crippen molar-refractivity contribution in [3.05, 3.63) is 59.2 Å². The van der Waals surface area contributed by atoms with Crippen LogP contribution in [0.5, 0.6) is 5.75 Å². The minimum absolute atomic E-state index is 0.183. The fraction of sp³-hybridized carbons (Fsp3) is 0.316. The molecule has 0 aromatic heterocycles. The van der Waals surface area contributed by atoms with Gasteiger partial charge in [-0.25, -0.2) is 0 Å². The third kappa shape index (κ3) is 3.86. The first kappa shape index (κ1) is 16.7. The Morgan fingerprint density at radius 3 is 3.00 bits per heavy atom. The summed E-state index contributed by atoms with van der Waals surface area (Å²) in [5, 5.41) is 9.63. The summed E-state index contributed by atoms with van der Waals surface area (Å²) in [4.78, 5) is 12.1.